The van der Waals surface area contributed by atoms with Gasteiger partial charge in [-0.3, -0.25) is 0 Å². The summed E-state index contributed by atoms with van der Waals surface area (Å²) in [5, 5.41) is 4.30. The number of hydrogen-bond donors (Lipinski definition) is 0. The Labute approximate surface area is 242 Å². The van der Waals surface area contributed by atoms with Crippen molar-refractivity contribution in [1.29, 1.82) is 0 Å². The molecule has 1 aliphatic carbocycles. The van der Waals surface area contributed by atoms with E-state index in [1.165, 1.54) is 57.2 Å². The van der Waals surface area contributed by atoms with Crippen LogP contribution in [-0.4, -0.2) is 8.07 Å². The number of hydrogen-bond acceptors (Lipinski definition) is 1. The van der Waals surface area contributed by atoms with Crippen molar-refractivity contribution >= 4 is 24.0 Å². The first-order valence-electron chi connectivity index (χ1n) is 11.9. The summed E-state index contributed by atoms with van der Waals surface area (Å²) in [5.41, 5.74) is 9.27. The van der Waals surface area contributed by atoms with Crippen LogP contribution in [-0.2, 0) is 32.6 Å². The summed E-state index contributed by atoms with van der Waals surface area (Å²) in [5.74, 6) is 2.31. The van der Waals surface area contributed by atoms with Crippen LogP contribution in [0.5, 0.6) is 0 Å². The van der Waals surface area contributed by atoms with Crippen molar-refractivity contribution in [3.8, 4) is 11.1 Å². The molecular weight excluding hydrogens is 567 g/mol. The van der Waals surface area contributed by atoms with Gasteiger partial charge < -0.3 is 29.2 Å². The summed E-state index contributed by atoms with van der Waals surface area (Å²) in [4.78, 5) is 0. The molecule has 0 amide bonds. The topological polar surface area (TPSA) is 13.1 Å². The van der Waals surface area contributed by atoms with Crippen molar-refractivity contribution in [1.82, 2.24) is 0 Å². The molecule has 3 aromatic carbocycles. The summed E-state index contributed by atoms with van der Waals surface area (Å²) in [6.07, 6.45) is 2.37. The van der Waals surface area contributed by atoms with Crippen molar-refractivity contribution in [2.24, 2.45) is 0 Å². The third kappa shape index (κ3) is 5.12. The minimum atomic E-state index is -1.10. The van der Waals surface area contributed by atoms with Crippen molar-refractivity contribution in [3.05, 3.63) is 94.4 Å². The van der Waals surface area contributed by atoms with Gasteiger partial charge in [-0.1, -0.05) is 74.8 Å². The number of benzene rings is 2. The summed E-state index contributed by atoms with van der Waals surface area (Å²) in [7, 11) is -1.10. The van der Waals surface area contributed by atoms with Crippen LogP contribution in [0.25, 0.3) is 27.1 Å². The van der Waals surface area contributed by atoms with Gasteiger partial charge in [0.1, 0.15) is 11.5 Å². The van der Waals surface area contributed by atoms with E-state index < -0.39 is 8.07 Å². The first-order valence-corrected chi connectivity index (χ1v) is 15.0. The third-order valence-corrected chi connectivity index (χ3v) is 11.4. The van der Waals surface area contributed by atoms with Gasteiger partial charge in [0, 0.05) is 11.1 Å². The molecule has 1 nitrogen and oxygen atoms in total. The minimum absolute atomic E-state index is 0. The average Bonchev–Trinajstić information content (AvgIpc) is 3.42. The molecule has 181 valence electrons. The van der Waals surface area contributed by atoms with Crippen molar-refractivity contribution in [2.45, 2.75) is 59.2 Å². The second-order valence-electron chi connectivity index (χ2n) is 10.1. The fraction of sp³-hybridized carbons (Fsp3) is 0.300. The molecule has 1 radical (unpaired) electrons. The summed E-state index contributed by atoms with van der Waals surface area (Å²) >= 11 is 0. The fourth-order valence-corrected chi connectivity index (χ4v) is 10.3. The second-order valence-corrected chi connectivity index (χ2v) is 14.7. The number of aryl methyl sites for hydroxylation is 3. The second kappa shape index (κ2) is 11.4. The van der Waals surface area contributed by atoms with E-state index in [1.54, 1.807) is 10.8 Å². The standard InChI is InChI=1S/C19H19.C11H14OSi.2ClH.Zr/c1-3-5-15-8-10-16(11-9-15)18-7-4-6-17-12-14(2)13-19(17)18;1-6-5-8-9(12-6)11-7(2)10(8)13(11,3)4;;;/h4,6-13H,3,5H2,1-2H3;5,10H,1-4H3;2*1H;/q-1;;;;+3/p-2. The predicted octanol–water partition coefficient (Wildman–Crippen LogP) is 2.75. The Hall–Kier alpha value is -1.25. The molecule has 1 atom stereocenters. The summed E-state index contributed by atoms with van der Waals surface area (Å²) < 4.78 is 5.76. The molecule has 4 aromatic rings. The molecule has 3 aliphatic rings. The molecule has 35 heavy (non-hydrogen) atoms. The molecule has 2 aliphatic heterocycles. The van der Waals surface area contributed by atoms with Crippen LogP contribution < -0.4 is 24.8 Å². The number of rotatable bonds is 3. The molecule has 0 fully saturated rings. The first-order chi connectivity index (χ1) is 15.3. The van der Waals surface area contributed by atoms with E-state index >= 15 is 0 Å². The van der Waals surface area contributed by atoms with E-state index in [0.29, 0.717) is 0 Å². The van der Waals surface area contributed by atoms with Gasteiger partial charge in [-0.15, -0.1) is 34.5 Å². The fourth-order valence-electron chi connectivity index (χ4n) is 6.07. The van der Waals surface area contributed by atoms with Gasteiger partial charge in [0.25, 0.3) is 0 Å². The van der Waals surface area contributed by atoms with Gasteiger partial charge in [0.05, 0.1) is 8.07 Å². The van der Waals surface area contributed by atoms with E-state index in [0.717, 1.165) is 11.3 Å². The van der Waals surface area contributed by atoms with Crippen LogP contribution in [0, 0.1) is 13.8 Å². The Morgan fingerprint density at radius 3 is 2.23 bits per heavy atom. The van der Waals surface area contributed by atoms with Gasteiger partial charge in [-0.2, -0.15) is 6.07 Å². The average molecular weight is 600 g/mol. The monoisotopic (exact) mass is 597 g/mol. The van der Waals surface area contributed by atoms with E-state index in [9.17, 15) is 0 Å². The molecule has 0 saturated heterocycles. The maximum Gasteiger partial charge on any atom is 3.00 e. The van der Waals surface area contributed by atoms with E-state index in [2.05, 4.69) is 94.5 Å². The van der Waals surface area contributed by atoms with Crippen LogP contribution in [0.2, 0.25) is 13.1 Å². The maximum atomic E-state index is 5.76. The van der Waals surface area contributed by atoms with E-state index in [-0.39, 0.29) is 51.0 Å². The Morgan fingerprint density at radius 2 is 1.63 bits per heavy atom. The summed E-state index contributed by atoms with van der Waals surface area (Å²) in [6.45, 7) is 13.6. The van der Waals surface area contributed by atoms with Crippen molar-refractivity contribution < 1.29 is 55.4 Å². The number of allylic oxidation sites excluding steroid dienone is 1. The molecular formula is C30H33Cl2OSiZr. The Bertz CT molecular complexity index is 1340. The van der Waals surface area contributed by atoms with E-state index in [1.807, 2.05) is 6.92 Å². The van der Waals surface area contributed by atoms with Gasteiger partial charge in [-0.25, -0.2) is 0 Å². The Kier molecular flexibility index (Phi) is 9.79. The maximum absolute atomic E-state index is 5.76. The molecule has 5 heteroatoms. The smallest absolute Gasteiger partial charge is 1.00 e. The zero-order valence-electron chi connectivity index (χ0n) is 21.4. The molecule has 0 spiro atoms. The number of furan rings is 1. The van der Waals surface area contributed by atoms with Gasteiger partial charge in [0.15, 0.2) is 0 Å². The van der Waals surface area contributed by atoms with Gasteiger partial charge in [-0.05, 0) is 42.7 Å². The molecule has 1 unspecified atom stereocenters. The van der Waals surface area contributed by atoms with Crippen molar-refractivity contribution in [3.63, 3.8) is 0 Å². The zero-order valence-corrected chi connectivity index (χ0v) is 26.4. The molecule has 0 saturated carbocycles. The number of fused-ring (bicyclic) bond motifs is 1. The van der Waals surface area contributed by atoms with Crippen LogP contribution in [0.1, 0.15) is 54.0 Å². The zero-order chi connectivity index (χ0) is 22.6. The molecule has 1 aromatic heterocycles. The largest absolute Gasteiger partial charge is 3.00 e. The van der Waals surface area contributed by atoms with Crippen LogP contribution >= 0.6 is 0 Å². The quantitative estimate of drug-likeness (QED) is 0.261. The van der Waals surface area contributed by atoms with E-state index in [4.69, 9.17) is 4.42 Å². The Morgan fingerprint density at radius 1 is 0.943 bits per heavy atom. The van der Waals surface area contributed by atoms with Crippen LogP contribution in [0.4, 0.5) is 0 Å². The Balaban J connectivity index is 0.000000239. The normalized spacial score (nSPS) is 16.2. The minimum Gasteiger partial charge on any atom is -1.00 e. The summed E-state index contributed by atoms with van der Waals surface area (Å²) in [6, 6.07) is 22.4. The first kappa shape index (κ1) is 30.0. The van der Waals surface area contributed by atoms with Crippen LogP contribution in [0.3, 0.4) is 0 Å². The molecule has 2 bridgehead atoms. The van der Waals surface area contributed by atoms with Crippen molar-refractivity contribution in [2.75, 3.05) is 0 Å². The molecule has 3 heterocycles. The third-order valence-electron chi connectivity index (χ3n) is 7.31. The van der Waals surface area contributed by atoms with Crippen LogP contribution in [0.15, 0.2) is 70.7 Å². The predicted molar refractivity (Wildman–Crippen MR) is 140 cm³/mol. The number of halogens is 2. The van der Waals surface area contributed by atoms with Gasteiger partial charge in [0.2, 0.25) is 0 Å². The SMILES string of the molecule is CC1=C2c3oc(C)cc3C1[Si]2(C)C.CCCc1ccc(-c2cccc3[cH-]c(C)cc23)cc1.[Cl-].[Cl-].[Zr+3]. The van der Waals surface area contributed by atoms with Gasteiger partial charge >= 0.3 is 26.2 Å². The molecule has 7 rings (SSSR count). The molecule has 0 N–H and O–H groups in total.